The molecule has 3 rings (SSSR count). The van der Waals surface area contributed by atoms with E-state index in [1.54, 1.807) is 13.8 Å². The molecule has 2 aromatic rings. The first-order chi connectivity index (χ1) is 13.4. The SMILES string of the molecule is CCOC(=O)C[C@H](C)[C@H](NC(=O)C1c2ccccc2-c2ccccc21)C(N)=O. The molecule has 2 atom stereocenters. The molecule has 0 radical (unpaired) electrons. The summed E-state index contributed by atoms with van der Waals surface area (Å²) in [6.07, 6.45) is -0.000429. The van der Waals surface area contributed by atoms with Gasteiger partial charge in [0.05, 0.1) is 18.9 Å². The molecule has 6 heteroatoms. The van der Waals surface area contributed by atoms with Gasteiger partial charge >= 0.3 is 5.97 Å². The Hall–Kier alpha value is -3.15. The number of primary amides is 1. The highest BCUT2D eigenvalue weighted by Crippen LogP contribution is 2.44. The summed E-state index contributed by atoms with van der Waals surface area (Å²) in [7, 11) is 0. The van der Waals surface area contributed by atoms with Crippen molar-refractivity contribution >= 4 is 17.8 Å². The van der Waals surface area contributed by atoms with Gasteiger partial charge in [0.25, 0.3) is 0 Å². The first-order valence-corrected chi connectivity index (χ1v) is 9.37. The van der Waals surface area contributed by atoms with Crippen molar-refractivity contribution in [2.75, 3.05) is 6.61 Å². The Morgan fingerprint density at radius 1 is 1.04 bits per heavy atom. The van der Waals surface area contributed by atoms with E-state index in [4.69, 9.17) is 10.5 Å². The molecule has 1 aliphatic carbocycles. The minimum absolute atomic E-state index is 0.000429. The standard InChI is InChI=1S/C22H24N2O4/c1-3-28-18(25)12-13(2)20(21(23)26)24-22(27)19-16-10-6-4-8-14(16)15-9-5-7-11-17(15)19/h4-11,13,19-20H,3,12H2,1-2H3,(H2,23,26)(H,24,27)/t13-,20-/m0/s1. The molecule has 0 fully saturated rings. The molecule has 1 aliphatic rings. The number of fused-ring (bicyclic) bond motifs is 3. The van der Waals surface area contributed by atoms with E-state index in [9.17, 15) is 14.4 Å². The van der Waals surface area contributed by atoms with Gasteiger partial charge in [-0.15, -0.1) is 0 Å². The van der Waals surface area contributed by atoms with Crippen LogP contribution in [0.2, 0.25) is 0 Å². The minimum atomic E-state index is -0.961. The second kappa shape index (κ2) is 8.25. The van der Waals surface area contributed by atoms with Crippen LogP contribution in [-0.2, 0) is 19.1 Å². The molecule has 3 N–H and O–H groups in total. The van der Waals surface area contributed by atoms with Gasteiger partial charge < -0.3 is 15.8 Å². The summed E-state index contributed by atoms with van der Waals surface area (Å²) in [6.45, 7) is 3.67. The summed E-state index contributed by atoms with van der Waals surface area (Å²) in [6, 6.07) is 14.5. The van der Waals surface area contributed by atoms with Crippen molar-refractivity contribution in [2.24, 2.45) is 11.7 Å². The Balaban J connectivity index is 1.85. The smallest absolute Gasteiger partial charge is 0.306 e. The second-order valence-electron chi connectivity index (χ2n) is 6.98. The second-order valence-corrected chi connectivity index (χ2v) is 6.98. The first kappa shape index (κ1) is 19.6. The molecule has 146 valence electrons. The number of ether oxygens (including phenoxy) is 1. The summed E-state index contributed by atoms with van der Waals surface area (Å²) in [5.41, 5.74) is 9.32. The highest BCUT2D eigenvalue weighted by molar-refractivity contribution is 5.98. The van der Waals surface area contributed by atoms with Crippen LogP contribution >= 0.6 is 0 Å². The molecule has 6 nitrogen and oxygen atoms in total. The lowest BCUT2D eigenvalue weighted by Gasteiger charge is -2.24. The number of benzene rings is 2. The first-order valence-electron chi connectivity index (χ1n) is 9.37. The van der Waals surface area contributed by atoms with Crippen molar-refractivity contribution in [1.82, 2.24) is 5.32 Å². The van der Waals surface area contributed by atoms with Crippen LogP contribution in [0.3, 0.4) is 0 Å². The van der Waals surface area contributed by atoms with Crippen molar-refractivity contribution in [3.8, 4) is 11.1 Å². The lowest BCUT2D eigenvalue weighted by atomic mass is 9.93. The van der Waals surface area contributed by atoms with Gasteiger partial charge in [-0.05, 0) is 35.1 Å². The summed E-state index contributed by atoms with van der Waals surface area (Å²) in [5, 5.41) is 2.77. The van der Waals surface area contributed by atoms with E-state index in [1.165, 1.54) is 0 Å². The van der Waals surface area contributed by atoms with Crippen LogP contribution in [0.1, 0.15) is 37.3 Å². The normalized spacial score (nSPS) is 14.5. The van der Waals surface area contributed by atoms with Crippen molar-refractivity contribution in [3.05, 3.63) is 59.7 Å². The third-order valence-corrected chi connectivity index (χ3v) is 5.06. The minimum Gasteiger partial charge on any atom is -0.466 e. The number of nitrogens with two attached hydrogens (primary N) is 1. The van der Waals surface area contributed by atoms with Gasteiger partial charge in [0.1, 0.15) is 6.04 Å². The number of hydrogen-bond acceptors (Lipinski definition) is 4. The van der Waals surface area contributed by atoms with E-state index in [1.807, 2.05) is 48.5 Å². The highest BCUT2D eigenvalue weighted by Gasteiger charge is 2.36. The fourth-order valence-electron chi connectivity index (χ4n) is 3.77. The fraction of sp³-hybridized carbons (Fsp3) is 0.318. The topological polar surface area (TPSA) is 98.5 Å². The molecule has 0 aromatic heterocycles. The van der Waals surface area contributed by atoms with Gasteiger partial charge in [0.2, 0.25) is 11.8 Å². The number of carbonyl (C=O) groups excluding carboxylic acids is 3. The van der Waals surface area contributed by atoms with E-state index in [0.29, 0.717) is 0 Å². The monoisotopic (exact) mass is 380 g/mol. The lowest BCUT2D eigenvalue weighted by molar-refractivity contribution is -0.144. The largest absolute Gasteiger partial charge is 0.466 e. The van der Waals surface area contributed by atoms with Crippen molar-refractivity contribution in [1.29, 1.82) is 0 Å². The van der Waals surface area contributed by atoms with E-state index in [-0.39, 0.29) is 18.9 Å². The van der Waals surface area contributed by atoms with Gasteiger partial charge in [-0.25, -0.2) is 0 Å². The Kier molecular flexibility index (Phi) is 5.78. The van der Waals surface area contributed by atoms with Crippen molar-refractivity contribution in [3.63, 3.8) is 0 Å². The number of esters is 1. The van der Waals surface area contributed by atoms with Gasteiger partial charge in [-0.3, -0.25) is 14.4 Å². The van der Waals surface area contributed by atoms with Crippen LogP contribution in [0, 0.1) is 5.92 Å². The number of hydrogen-bond donors (Lipinski definition) is 2. The van der Waals surface area contributed by atoms with Crippen molar-refractivity contribution < 1.29 is 19.1 Å². The van der Waals surface area contributed by atoms with Gasteiger partial charge in [-0.1, -0.05) is 55.5 Å². The Bertz CT molecular complexity index is 863. The fourth-order valence-corrected chi connectivity index (χ4v) is 3.77. The van der Waals surface area contributed by atoms with Crippen LogP contribution in [0.15, 0.2) is 48.5 Å². The third kappa shape index (κ3) is 3.76. The number of carbonyl (C=O) groups is 3. The molecule has 28 heavy (non-hydrogen) atoms. The zero-order valence-corrected chi connectivity index (χ0v) is 16.0. The zero-order valence-electron chi connectivity index (χ0n) is 16.0. The summed E-state index contributed by atoms with van der Waals surface area (Å²) in [4.78, 5) is 36.9. The van der Waals surface area contributed by atoms with Crippen LogP contribution < -0.4 is 11.1 Å². The Morgan fingerprint density at radius 2 is 1.57 bits per heavy atom. The quantitative estimate of drug-likeness (QED) is 0.721. The Labute approximate surface area is 164 Å². The molecule has 0 aliphatic heterocycles. The van der Waals surface area contributed by atoms with Crippen LogP contribution in [-0.4, -0.2) is 30.4 Å². The Morgan fingerprint density at radius 3 is 2.07 bits per heavy atom. The van der Waals surface area contributed by atoms with Crippen LogP contribution in [0.5, 0.6) is 0 Å². The predicted octanol–water partition coefficient (Wildman–Crippen LogP) is 2.36. The van der Waals surface area contributed by atoms with E-state index in [0.717, 1.165) is 22.3 Å². The summed E-state index contributed by atoms with van der Waals surface area (Å²) < 4.78 is 4.94. The molecular weight excluding hydrogens is 356 g/mol. The molecule has 2 aromatic carbocycles. The predicted molar refractivity (Wildman–Crippen MR) is 105 cm³/mol. The molecule has 2 amide bonds. The van der Waals surface area contributed by atoms with Gasteiger partial charge in [0, 0.05) is 0 Å². The molecule has 0 saturated carbocycles. The summed E-state index contributed by atoms with van der Waals surface area (Å²) >= 11 is 0. The van der Waals surface area contributed by atoms with Crippen molar-refractivity contribution in [2.45, 2.75) is 32.2 Å². The lowest BCUT2D eigenvalue weighted by Crippen LogP contribution is -2.50. The van der Waals surface area contributed by atoms with Gasteiger partial charge in [-0.2, -0.15) is 0 Å². The average molecular weight is 380 g/mol. The zero-order chi connectivity index (χ0) is 20.3. The molecule has 0 saturated heterocycles. The molecule has 0 bridgehead atoms. The van der Waals surface area contributed by atoms with Crippen LogP contribution in [0.4, 0.5) is 0 Å². The maximum atomic E-state index is 13.2. The molecule has 0 unspecified atom stereocenters. The number of nitrogens with one attached hydrogen (secondary N) is 1. The average Bonchev–Trinajstić information content (AvgIpc) is 3.00. The van der Waals surface area contributed by atoms with Gasteiger partial charge in [0.15, 0.2) is 0 Å². The van der Waals surface area contributed by atoms with E-state index >= 15 is 0 Å². The highest BCUT2D eigenvalue weighted by atomic mass is 16.5. The molecular formula is C22H24N2O4. The van der Waals surface area contributed by atoms with Crippen LogP contribution in [0.25, 0.3) is 11.1 Å². The molecule has 0 heterocycles. The third-order valence-electron chi connectivity index (χ3n) is 5.06. The summed E-state index contributed by atoms with van der Waals surface area (Å²) in [5.74, 6) is -2.41. The number of rotatable bonds is 7. The molecule has 0 spiro atoms. The van der Waals surface area contributed by atoms with E-state index in [2.05, 4.69) is 5.32 Å². The maximum absolute atomic E-state index is 13.2. The van der Waals surface area contributed by atoms with E-state index < -0.39 is 29.8 Å². The maximum Gasteiger partial charge on any atom is 0.306 e. The number of amides is 2.